The van der Waals surface area contributed by atoms with Crippen molar-refractivity contribution in [1.29, 1.82) is 0 Å². The Morgan fingerprint density at radius 2 is 2.43 bits per heavy atom. The van der Waals surface area contributed by atoms with Gasteiger partial charge in [-0.05, 0) is 12.1 Å². The molecule has 1 aromatic carbocycles. The highest BCUT2D eigenvalue weighted by Crippen LogP contribution is 2.29. The first kappa shape index (κ1) is 8.99. The number of rotatable bonds is 3. The Balaban J connectivity index is 2.36. The molecule has 0 atom stereocenters. The Kier molecular flexibility index (Phi) is 2.35. The molecule has 4 heteroatoms. The normalized spacial score (nSPS) is 13.2. The number of halogens is 1. The molecule has 1 aliphatic rings. The lowest BCUT2D eigenvalue weighted by atomic mass is 10.0. The summed E-state index contributed by atoms with van der Waals surface area (Å²) in [6.07, 6.45) is 1.28. The number of hydrogen-bond acceptors (Lipinski definition) is 2. The average molecular weight is 195 g/mol. The third kappa shape index (κ3) is 1.43. The fourth-order valence-corrected chi connectivity index (χ4v) is 1.65. The number of hydrogen-bond donors (Lipinski definition) is 1. The van der Waals surface area contributed by atoms with Gasteiger partial charge in [0.05, 0.1) is 6.61 Å². The average Bonchev–Trinajstić information content (AvgIpc) is 2.64. The number of benzene rings is 1. The quantitative estimate of drug-likeness (QED) is 0.731. The van der Waals surface area contributed by atoms with E-state index < -0.39 is 0 Å². The summed E-state index contributed by atoms with van der Waals surface area (Å²) >= 11 is 0. The number of fused-ring (bicyclic) bond motifs is 1. The lowest BCUT2D eigenvalue weighted by Gasteiger charge is -2.07. The van der Waals surface area contributed by atoms with E-state index in [1.807, 2.05) is 0 Å². The zero-order valence-corrected chi connectivity index (χ0v) is 7.55. The van der Waals surface area contributed by atoms with Crippen LogP contribution in [0.4, 0.5) is 4.39 Å². The second-order valence-corrected chi connectivity index (χ2v) is 3.10. The summed E-state index contributed by atoms with van der Waals surface area (Å²) < 4.78 is 18.6. The minimum atomic E-state index is -0.288. The topological polar surface area (TPSA) is 38.3 Å². The summed E-state index contributed by atoms with van der Waals surface area (Å²) in [6, 6.07) is 2.99. The lowest BCUT2D eigenvalue weighted by molar-refractivity contribution is -0.109. The second-order valence-electron chi connectivity index (χ2n) is 3.10. The Bertz CT molecular complexity index is 365. The Morgan fingerprint density at radius 3 is 3.21 bits per heavy atom. The van der Waals surface area contributed by atoms with Crippen molar-refractivity contribution in [2.75, 3.05) is 6.61 Å². The zero-order chi connectivity index (χ0) is 9.97. The number of carbonyl (C=O) groups excluding carboxylic acids is 1. The molecule has 1 N–H and O–H groups in total. The van der Waals surface area contributed by atoms with Crippen LogP contribution in [0.15, 0.2) is 12.1 Å². The molecule has 74 valence electrons. The van der Waals surface area contributed by atoms with Crippen LogP contribution in [0.1, 0.15) is 11.1 Å². The van der Waals surface area contributed by atoms with Crippen molar-refractivity contribution < 1.29 is 13.9 Å². The van der Waals surface area contributed by atoms with Crippen molar-refractivity contribution in [1.82, 2.24) is 5.32 Å². The second kappa shape index (κ2) is 3.65. The van der Waals surface area contributed by atoms with Crippen LogP contribution in [0.3, 0.4) is 0 Å². The first-order valence-corrected chi connectivity index (χ1v) is 4.43. The molecule has 0 radical (unpaired) electrons. The molecule has 1 amide bonds. The van der Waals surface area contributed by atoms with Crippen LogP contribution in [0.5, 0.6) is 5.75 Å². The third-order valence-corrected chi connectivity index (χ3v) is 2.30. The van der Waals surface area contributed by atoms with Crippen molar-refractivity contribution >= 4 is 6.41 Å². The molecule has 3 nitrogen and oxygen atoms in total. The highest BCUT2D eigenvalue weighted by Gasteiger charge is 2.18. The van der Waals surface area contributed by atoms with Crippen LogP contribution < -0.4 is 10.1 Å². The lowest BCUT2D eigenvalue weighted by Crippen LogP contribution is -2.12. The van der Waals surface area contributed by atoms with Gasteiger partial charge in [-0.2, -0.15) is 0 Å². The molecule has 1 aliphatic heterocycles. The largest absolute Gasteiger partial charge is 0.493 e. The van der Waals surface area contributed by atoms with E-state index in [4.69, 9.17) is 4.74 Å². The maximum absolute atomic E-state index is 13.4. The first-order valence-electron chi connectivity index (χ1n) is 4.43. The summed E-state index contributed by atoms with van der Waals surface area (Å²) in [4.78, 5) is 10.1. The SMILES string of the molecule is O=CNCc1c(F)ccc2c1CCO2. The summed E-state index contributed by atoms with van der Waals surface area (Å²) in [5.41, 5.74) is 1.41. The van der Waals surface area contributed by atoms with Crippen molar-refractivity contribution in [3.63, 3.8) is 0 Å². The summed E-state index contributed by atoms with van der Waals surface area (Å²) in [7, 11) is 0. The van der Waals surface area contributed by atoms with Crippen LogP contribution >= 0.6 is 0 Å². The molecule has 2 rings (SSSR count). The van der Waals surface area contributed by atoms with Crippen LogP contribution in [-0.4, -0.2) is 13.0 Å². The van der Waals surface area contributed by atoms with Gasteiger partial charge in [0.15, 0.2) is 0 Å². The predicted octanol–water partition coefficient (Wildman–Crippen LogP) is 1.01. The molecule has 0 saturated heterocycles. The first-order chi connectivity index (χ1) is 6.83. The van der Waals surface area contributed by atoms with Crippen molar-refractivity contribution in [3.8, 4) is 5.75 Å². The summed E-state index contributed by atoms with van der Waals surface area (Å²) in [5.74, 6) is 0.442. The van der Waals surface area contributed by atoms with Gasteiger partial charge < -0.3 is 10.1 Å². The molecule has 0 fully saturated rings. The van der Waals surface area contributed by atoms with E-state index in [9.17, 15) is 9.18 Å². The molecule has 14 heavy (non-hydrogen) atoms. The van der Waals surface area contributed by atoms with E-state index in [1.54, 1.807) is 6.07 Å². The minimum Gasteiger partial charge on any atom is -0.493 e. The highest BCUT2D eigenvalue weighted by molar-refractivity contribution is 5.49. The Labute approximate surface area is 80.9 Å². The van der Waals surface area contributed by atoms with Gasteiger partial charge in [0.2, 0.25) is 6.41 Å². The van der Waals surface area contributed by atoms with Gasteiger partial charge >= 0.3 is 0 Å². The minimum absolute atomic E-state index is 0.224. The Hall–Kier alpha value is -1.58. The van der Waals surface area contributed by atoms with E-state index in [1.165, 1.54) is 6.07 Å². The van der Waals surface area contributed by atoms with E-state index in [2.05, 4.69) is 5.32 Å². The molecule has 0 aromatic heterocycles. The van der Waals surface area contributed by atoms with Crippen LogP contribution in [0.25, 0.3) is 0 Å². The number of ether oxygens (including phenoxy) is 1. The molecule has 0 bridgehead atoms. The molecular formula is C10H10FNO2. The van der Waals surface area contributed by atoms with Crippen molar-refractivity contribution in [3.05, 3.63) is 29.1 Å². The maximum Gasteiger partial charge on any atom is 0.207 e. The van der Waals surface area contributed by atoms with Gasteiger partial charge in [0.1, 0.15) is 11.6 Å². The van der Waals surface area contributed by atoms with Gasteiger partial charge in [-0.1, -0.05) is 0 Å². The highest BCUT2D eigenvalue weighted by atomic mass is 19.1. The van der Waals surface area contributed by atoms with E-state index in [0.29, 0.717) is 25.0 Å². The summed E-state index contributed by atoms with van der Waals surface area (Å²) in [6.45, 7) is 0.814. The van der Waals surface area contributed by atoms with E-state index in [-0.39, 0.29) is 12.4 Å². The summed E-state index contributed by atoms with van der Waals surface area (Å²) in [5, 5.41) is 2.46. The molecule has 1 heterocycles. The molecule has 0 spiro atoms. The van der Waals surface area contributed by atoms with E-state index >= 15 is 0 Å². The zero-order valence-electron chi connectivity index (χ0n) is 7.55. The molecule has 0 saturated carbocycles. The van der Waals surface area contributed by atoms with Crippen molar-refractivity contribution in [2.45, 2.75) is 13.0 Å². The van der Waals surface area contributed by atoms with Gasteiger partial charge in [-0.15, -0.1) is 0 Å². The molecule has 1 aromatic rings. The van der Waals surface area contributed by atoms with Crippen LogP contribution in [0.2, 0.25) is 0 Å². The Morgan fingerprint density at radius 1 is 1.57 bits per heavy atom. The standard InChI is InChI=1S/C10H10FNO2/c11-9-1-2-10-7(3-4-14-10)8(9)5-12-6-13/h1-2,6H,3-5H2,(H,12,13). The number of nitrogens with one attached hydrogen (secondary N) is 1. The number of carbonyl (C=O) groups is 1. The smallest absolute Gasteiger partial charge is 0.207 e. The van der Waals surface area contributed by atoms with Gasteiger partial charge in [0.25, 0.3) is 0 Å². The monoisotopic (exact) mass is 195 g/mol. The number of amides is 1. The van der Waals surface area contributed by atoms with Gasteiger partial charge in [-0.3, -0.25) is 4.79 Å². The van der Waals surface area contributed by atoms with Gasteiger partial charge in [-0.25, -0.2) is 4.39 Å². The van der Waals surface area contributed by atoms with Gasteiger partial charge in [0, 0.05) is 24.1 Å². The fraction of sp³-hybridized carbons (Fsp3) is 0.300. The molecule has 0 aliphatic carbocycles. The van der Waals surface area contributed by atoms with Crippen LogP contribution in [-0.2, 0) is 17.8 Å². The third-order valence-electron chi connectivity index (χ3n) is 2.30. The fourth-order valence-electron chi connectivity index (χ4n) is 1.65. The van der Waals surface area contributed by atoms with Crippen molar-refractivity contribution in [2.24, 2.45) is 0 Å². The predicted molar refractivity (Wildman–Crippen MR) is 48.5 cm³/mol. The molecular weight excluding hydrogens is 185 g/mol. The molecule has 0 unspecified atom stereocenters. The van der Waals surface area contributed by atoms with Crippen LogP contribution in [0, 0.1) is 5.82 Å². The van der Waals surface area contributed by atoms with E-state index in [0.717, 1.165) is 11.3 Å². The maximum atomic E-state index is 13.4.